The second-order valence-electron chi connectivity index (χ2n) is 6.46. The minimum absolute atomic E-state index is 0.400. The molecule has 1 heterocycles. The summed E-state index contributed by atoms with van der Waals surface area (Å²) in [4.78, 5) is 2.62. The van der Waals surface area contributed by atoms with Gasteiger partial charge in [0.25, 0.3) is 0 Å². The third-order valence-electron chi connectivity index (χ3n) is 4.94. The van der Waals surface area contributed by atoms with Crippen molar-refractivity contribution in [2.75, 3.05) is 24.2 Å². The molecular weight excluding hydrogens is 365 g/mol. The molecule has 20 heavy (non-hydrogen) atoms. The van der Waals surface area contributed by atoms with Crippen LogP contribution >= 0.6 is 0 Å². The van der Waals surface area contributed by atoms with E-state index >= 15 is 0 Å². The molecule has 0 aromatic carbocycles. The Morgan fingerprint density at radius 1 is 1.20 bits per heavy atom. The van der Waals surface area contributed by atoms with Crippen LogP contribution in [-0.4, -0.2) is 38.7 Å². The molecule has 1 aliphatic heterocycles. The average molecular weight is 394 g/mol. The Morgan fingerprint density at radius 3 is 2.40 bits per heavy atom. The van der Waals surface area contributed by atoms with Crippen LogP contribution in [-0.2, 0) is 4.74 Å². The number of rotatable bonds is 6. The molecular formula is C16H29INO2-. The molecule has 0 aromatic rings. The Morgan fingerprint density at radius 2 is 1.85 bits per heavy atom. The molecule has 2 fully saturated rings. The van der Waals surface area contributed by atoms with E-state index in [2.05, 4.69) is 18.4 Å². The molecule has 0 aromatic heterocycles. The molecule has 4 heteroatoms. The SMILES string of the molecule is C=C(C)C1CCC(CN2CCC(OC[I-]O)CC2)CC1. The van der Waals surface area contributed by atoms with Gasteiger partial charge in [-0.1, -0.05) is 6.58 Å². The zero-order valence-corrected chi connectivity index (χ0v) is 14.8. The summed E-state index contributed by atoms with van der Waals surface area (Å²) in [5.41, 5.74) is 1.38. The van der Waals surface area contributed by atoms with Crippen molar-refractivity contribution in [3.8, 4) is 0 Å². The Balaban J connectivity index is 1.63. The molecule has 0 spiro atoms. The molecule has 0 atom stereocenters. The van der Waals surface area contributed by atoms with Gasteiger partial charge in [-0.15, -0.1) is 0 Å². The van der Waals surface area contributed by atoms with E-state index in [1.165, 1.54) is 50.9 Å². The van der Waals surface area contributed by atoms with Crippen LogP contribution in [0.2, 0.25) is 0 Å². The third kappa shape index (κ3) is 5.28. The average Bonchev–Trinajstić information content (AvgIpc) is 2.47. The first-order valence-electron chi connectivity index (χ1n) is 7.91. The van der Waals surface area contributed by atoms with E-state index in [-0.39, 0.29) is 0 Å². The van der Waals surface area contributed by atoms with E-state index in [9.17, 15) is 0 Å². The molecule has 0 bridgehead atoms. The Bertz CT molecular complexity index is 295. The quantitative estimate of drug-likeness (QED) is 0.385. The maximum atomic E-state index is 8.89. The number of ether oxygens (including phenoxy) is 1. The summed E-state index contributed by atoms with van der Waals surface area (Å²) in [5, 5.41) is 0. The summed E-state index contributed by atoms with van der Waals surface area (Å²) in [5.74, 6) is 1.68. The number of halogens is 1. The monoisotopic (exact) mass is 394 g/mol. The van der Waals surface area contributed by atoms with E-state index in [0.717, 1.165) is 24.7 Å². The van der Waals surface area contributed by atoms with Gasteiger partial charge in [0, 0.05) is 0 Å². The summed E-state index contributed by atoms with van der Waals surface area (Å²) in [6, 6.07) is 0. The van der Waals surface area contributed by atoms with Crippen molar-refractivity contribution >= 4 is 0 Å². The van der Waals surface area contributed by atoms with Gasteiger partial charge >= 0.3 is 121 Å². The molecule has 1 aliphatic carbocycles. The number of piperidine rings is 1. The number of alkyl halides is 1. The van der Waals surface area contributed by atoms with Crippen molar-refractivity contribution in [3.05, 3.63) is 12.2 Å². The van der Waals surface area contributed by atoms with Crippen LogP contribution in [0.25, 0.3) is 0 Å². The van der Waals surface area contributed by atoms with Crippen molar-refractivity contribution in [2.24, 2.45) is 11.8 Å². The van der Waals surface area contributed by atoms with Crippen molar-refractivity contribution in [1.29, 1.82) is 0 Å². The van der Waals surface area contributed by atoms with Gasteiger partial charge in [0.1, 0.15) is 0 Å². The van der Waals surface area contributed by atoms with Crippen LogP contribution < -0.4 is 21.6 Å². The summed E-state index contributed by atoms with van der Waals surface area (Å²) in [7, 11) is 0. The Kier molecular flexibility index (Phi) is 7.28. The molecule has 0 amide bonds. The molecule has 1 saturated carbocycles. The number of nitrogens with zero attached hydrogens (tertiary/aromatic N) is 1. The van der Waals surface area contributed by atoms with Crippen LogP contribution in [0.3, 0.4) is 0 Å². The Labute approximate surface area is 134 Å². The van der Waals surface area contributed by atoms with E-state index in [4.69, 9.17) is 8.17 Å². The first-order chi connectivity index (χ1) is 9.69. The topological polar surface area (TPSA) is 32.7 Å². The molecule has 1 N–H and O–H groups in total. The van der Waals surface area contributed by atoms with Crippen LogP contribution in [0, 0.1) is 11.8 Å². The van der Waals surface area contributed by atoms with Crippen LogP contribution in [0.15, 0.2) is 12.2 Å². The van der Waals surface area contributed by atoms with E-state index < -0.39 is 21.6 Å². The first kappa shape index (κ1) is 16.7. The molecule has 118 valence electrons. The molecule has 2 rings (SSSR count). The van der Waals surface area contributed by atoms with Gasteiger partial charge in [-0.25, -0.2) is 0 Å². The van der Waals surface area contributed by atoms with Crippen LogP contribution in [0.5, 0.6) is 0 Å². The normalized spacial score (nSPS) is 29.7. The fourth-order valence-corrected chi connectivity index (χ4v) is 4.25. The van der Waals surface area contributed by atoms with Gasteiger partial charge in [0.2, 0.25) is 0 Å². The summed E-state index contributed by atoms with van der Waals surface area (Å²) >= 11 is -0.699. The van der Waals surface area contributed by atoms with Gasteiger partial charge < -0.3 is 0 Å². The Hall–Kier alpha value is 0.350. The van der Waals surface area contributed by atoms with Crippen LogP contribution in [0.1, 0.15) is 45.4 Å². The predicted octanol–water partition coefficient (Wildman–Crippen LogP) is -0.196. The van der Waals surface area contributed by atoms with Gasteiger partial charge in [-0.05, 0) is 6.92 Å². The van der Waals surface area contributed by atoms with Gasteiger partial charge in [0.05, 0.1) is 0 Å². The number of likely N-dealkylation sites (tertiary alicyclic amines) is 1. The van der Waals surface area contributed by atoms with E-state index in [1.807, 2.05) is 0 Å². The molecule has 3 nitrogen and oxygen atoms in total. The molecule has 0 radical (unpaired) electrons. The van der Waals surface area contributed by atoms with Crippen molar-refractivity contribution in [1.82, 2.24) is 4.90 Å². The zero-order valence-electron chi connectivity index (χ0n) is 12.7. The standard InChI is InChI=1S/C16H29INO2/c1-13(2)15-5-3-14(4-6-15)11-18-9-7-16(8-10-18)20-12-17-19/h14-16,19H,1,3-12H2,2H3/q-1. The second-order valence-corrected chi connectivity index (χ2v) is 7.76. The third-order valence-corrected chi connectivity index (χ3v) is 5.58. The van der Waals surface area contributed by atoms with Crippen molar-refractivity contribution < 1.29 is 29.8 Å². The second kappa shape index (κ2) is 8.71. The minimum atomic E-state index is -0.699. The van der Waals surface area contributed by atoms with E-state index in [0.29, 0.717) is 10.7 Å². The predicted molar refractivity (Wildman–Crippen MR) is 77.9 cm³/mol. The van der Waals surface area contributed by atoms with Crippen molar-refractivity contribution in [3.63, 3.8) is 0 Å². The van der Waals surface area contributed by atoms with Crippen molar-refractivity contribution in [2.45, 2.75) is 51.6 Å². The molecule has 2 aliphatic rings. The number of allylic oxidation sites excluding steroid dienone is 1. The summed E-state index contributed by atoms with van der Waals surface area (Å²) in [6.07, 6.45) is 8.14. The molecule has 0 unspecified atom stereocenters. The fraction of sp³-hybridized carbons (Fsp3) is 0.875. The number of hydrogen-bond acceptors (Lipinski definition) is 3. The van der Waals surface area contributed by atoms with Gasteiger partial charge in [-0.2, -0.15) is 0 Å². The van der Waals surface area contributed by atoms with Gasteiger partial charge in [-0.3, -0.25) is 0 Å². The van der Waals surface area contributed by atoms with Crippen LogP contribution in [0.4, 0.5) is 0 Å². The maximum absolute atomic E-state index is 8.89. The summed E-state index contributed by atoms with van der Waals surface area (Å²) < 4.78 is 15.2. The van der Waals surface area contributed by atoms with E-state index in [1.54, 1.807) is 0 Å². The summed E-state index contributed by atoms with van der Waals surface area (Å²) in [6.45, 7) is 9.93. The first-order valence-corrected chi connectivity index (χ1v) is 10.4. The zero-order chi connectivity index (χ0) is 14.4. The fourth-order valence-electron chi connectivity index (χ4n) is 3.58. The van der Waals surface area contributed by atoms with Gasteiger partial charge in [0.15, 0.2) is 0 Å². The molecule has 1 saturated heterocycles. The number of hydrogen-bond donors (Lipinski definition) is 1.